The van der Waals surface area contributed by atoms with Crippen LogP contribution in [0.3, 0.4) is 0 Å². The van der Waals surface area contributed by atoms with Gasteiger partial charge in [0.2, 0.25) is 0 Å². The molecule has 2 rings (SSSR count). The third kappa shape index (κ3) is 3.25. The maximum atomic E-state index is 9.63. The van der Waals surface area contributed by atoms with E-state index in [0.717, 1.165) is 16.8 Å². The molecule has 2 aromatic carbocycles. The van der Waals surface area contributed by atoms with Crippen LogP contribution in [0.2, 0.25) is 0 Å². The first-order valence-electron chi connectivity index (χ1n) is 6.00. The maximum Gasteiger partial charge on any atom is 0.120 e. The number of hydrogen-bond acceptors (Lipinski definition) is 3. The number of para-hydroxylation sites is 1. The van der Waals surface area contributed by atoms with Gasteiger partial charge in [-0.15, -0.1) is 0 Å². The van der Waals surface area contributed by atoms with Crippen molar-refractivity contribution in [2.75, 3.05) is 11.9 Å². The molecule has 18 heavy (non-hydrogen) atoms. The first-order valence-corrected chi connectivity index (χ1v) is 6.00. The Kier molecular flexibility index (Phi) is 4.20. The van der Waals surface area contributed by atoms with E-state index >= 15 is 0 Å². The highest BCUT2D eigenvalue weighted by atomic mass is 16.3. The fourth-order valence-corrected chi connectivity index (χ4v) is 1.78. The Labute approximate surface area is 107 Å². The summed E-state index contributed by atoms with van der Waals surface area (Å²) in [6.07, 6.45) is 0.680. The lowest BCUT2D eigenvalue weighted by Crippen LogP contribution is -2.00. The summed E-state index contributed by atoms with van der Waals surface area (Å²) in [5, 5.41) is 21.7. The Hall–Kier alpha value is -2.00. The van der Waals surface area contributed by atoms with Crippen molar-refractivity contribution in [3.8, 4) is 5.75 Å². The number of nitrogens with one attached hydrogen (secondary N) is 1. The van der Waals surface area contributed by atoms with Crippen molar-refractivity contribution in [2.45, 2.75) is 13.0 Å². The Morgan fingerprint density at radius 1 is 0.944 bits per heavy atom. The lowest BCUT2D eigenvalue weighted by molar-refractivity contribution is 0.299. The second-order valence-corrected chi connectivity index (χ2v) is 4.15. The second kappa shape index (κ2) is 6.07. The van der Waals surface area contributed by atoms with Crippen LogP contribution >= 0.6 is 0 Å². The summed E-state index contributed by atoms with van der Waals surface area (Å²) in [6, 6.07) is 15.2. The van der Waals surface area contributed by atoms with E-state index in [4.69, 9.17) is 5.11 Å². The Morgan fingerprint density at radius 2 is 1.67 bits per heavy atom. The van der Waals surface area contributed by atoms with Gasteiger partial charge in [-0.3, -0.25) is 0 Å². The first kappa shape index (κ1) is 12.5. The van der Waals surface area contributed by atoms with Crippen LogP contribution in [0.5, 0.6) is 5.75 Å². The van der Waals surface area contributed by atoms with Crippen LogP contribution in [-0.4, -0.2) is 16.8 Å². The molecular formula is C15H17NO2. The molecule has 0 atom stereocenters. The topological polar surface area (TPSA) is 52.5 Å². The lowest BCUT2D eigenvalue weighted by Gasteiger charge is -2.08. The number of aliphatic hydroxyl groups excluding tert-OH is 1. The molecule has 0 fully saturated rings. The zero-order chi connectivity index (χ0) is 12.8. The molecule has 0 amide bonds. The zero-order valence-electron chi connectivity index (χ0n) is 10.1. The normalized spacial score (nSPS) is 10.3. The van der Waals surface area contributed by atoms with Crippen molar-refractivity contribution in [3.63, 3.8) is 0 Å². The monoisotopic (exact) mass is 243 g/mol. The zero-order valence-corrected chi connectivity index (χ0v) is 10.1. The molecule has 3 heteroatoms. The molecule has 0 spiro atoms. The van der Waals surface area contributed by atoms with Gasteiger partial charge in [0.1, 0.15) is 5.75 Å². The van der Waals surface area contributed by atoms with Gasteiger partial charge in [-0.2, -0.15) is 0 Å². The van der Waals surface area contributed by atoms with E-state index in [1.807, 2.05) is 42.5 Å². The van der Waals surface area contributed by atoms with Crippen molar-refractivity contribution in [3.05, 3.63) is 59.7 Å². The average molecular weight is 243 g/mol. The summed E-state index contributed by atoms with van der Waals surface area (Å²) in [5.74, 6) is 0.307. The van der Waals surface area contributed by atoms with Gasteiger partial charge in [0.25, 0.3) is 0 Å². The van der Waals surface area contributed by atoms with Gasteiger partial charge in [0.05, 0.1) is 0 Å². The molecule has 0 unspecified atom stereocenters. The number of phenolic OH excluding ortho intramolecular Hbond substituents is 1. The van der Waals surface area contributed by atoms with Gasteiger partial charge in [0.15, 0.2) is 0 Å². The van der Waals surface area contributed by atoms with Gasteiger partial charge in [-0.05, 0) is 30.2 Å². The summed E-state index contributed by atoms with van der Waals surface area (Å²) in [5.41, 5.74) is 2.99. The van der Waals surface area contributed by atoms with E-state index in [2.05, 4.69) is 5.32 Å². The summed E-state index contributed by atoms with van der Waals surface area (Å²) >= 11 is 0. The molecule has 0 aliphatic heterocycles. The van der Waals surface area contributed by atoms with Gasteiger partial charge < -0.3 is 15.5 Å². The van der Waals surface area contributed by atoms with E-state index in [9.17, 15) is 5.11 Å². The predicted molar refractivity (Wildman–Crippen MR) is 72.7 cm³/mol. The van der Waals surface area contributed by atoms with Gasteiger partial charge in [-0.1, -0.05) is 30.3 Å². The molecule has 0 saturated carbocycles. The van der Waals surface area contributed by atoms with Crippen molar-refractivity contribution >= 4 is 5.69 Å². The molecular weight excluding hydrogens is 226 g/mol. The fraction of sp³-hybridized carbons (Fsp3) is 0.200. The molecule has 0 heterocycles. The summed E-state index contributed by atoms with van der Waals surface area (Å²) in [6.45, 7) is 0.761. The third-order valence-corrected chi connectivity index (χ3v) is 2.83. The highest BCUT2D eigenvalue weighted by Crippen LogP contribution is 2.17. The van der Waals surface area contributed by atoms with Gasteiger partial charge in [0, 0.05) is 24.4 Å². The second-order valence-electron chi connectivity index (χ2n) is 4.15. The van der Waals surface area contributed by atoms with Crippen molar-refractivity contribution in [1.82, 2.24) is 0 Å². The Bertz CT molecular complexity index is 494. The van der Waals surface area contributed by atoms with Crippen LogP contribution in [-0.2, 0) is 13.0 Å². The van der Waals surface area contributed by atoms with Crippen LogP contribution in [0.25, 0.3) is 0 Å². The lowest BCUT2D eigenvalue weighted by atomic mass is 10.1. The molecule has 3 nitrogen and oxygen atoms in total. The third-order valence-electron chi connectivity index (χ3n) is 2.83. The van der Waals surface area contributed by atoms with E-state index in [1.165, 1.54) is 0 Å². The Morgan fingerprint density at radius 3 is 2.33 bits per heavy atom. The smallest absolute Gasteiger partial charge is 0.120 e. The number of aromatic hydroxyl groups is 1. The maximum absolute atomic E-state index is 9.63. The molecule has 0 bridgehead atoms. The molecule has 2 aromatic rings. The standard InChI is InChI=1S/C15H17NO2/c17-10-9-12-5-7-14(8-6-12)16-11-13-3-1-2-4-15(13)18/h1-8,16-18H,9-11H2. The summed E-state index contributed by atoms with van der Waals surface area (Å²) in [4.78, 5) is 0. The SMILES string of the molecule is OCCc1ccc(NCc2ccccc2O)cc1. The van der Waals surface area contributed by atoms with Crippen LogP contribution in [0.4, 0.5) is 5.69 Å². The highest BCUT2D eigenvalue weighted by Gasteiger charge is 1.99. The molecule has 0 saturated heterocycles. The molecule has 0 aliphatic carbocycles. The number of anilines is 1. The van der Waals surface area contributed by atoms with Crippen molar-refractivity contribution in [1.29, 1.82) is 0 Å². The molecule has 3 N–H and O–H groups in total. The van der Waals surface area contributed by atoms with E-state index < -0.39 is 0 Å². The van der Waals surface area contributed by atoms with Gasteiger partial charge >= 0.3 is 0 Å². The largest absolute Gasteiger partial charge is 0.508 e. The number of rotatable bonds is 5. The fourth-order valence-electron chi connectivity index (χ4n) is 1.78. The molecule has 0 aliphatic rings. The van der Waals surface area contributed by atoms with E-state index in [-0.39, 0.29) is 6.61 Å². The predicted octanol–water partition coefficient (Wildman–Crippen LogP) is 2.54. The van der Waals surface area contributed by atoms with Crippen LogP contribution in [0, 0.1) is 0 Å². The summed E-state index contributed by atoms with van der Waals surface area (Å²) in [7, 11) is 0. The van der Waals surface area contributed by atoms with Crippen molar-refractivity contribution < 1.29 is 10.2 Å². The number of aliphatic hydroxyl groups is 1. The number of hydrogen-bond donors (Lipinski definition) is 3. The molecule has 94 valence electrons. The number of phenols is 1. The quantitative estimate of drug-likeness (QED) is 0.756. The first-order chi connectivity index (χ1) is 8.79. The van der Waals surface area contributed by atoms with Crippen LogP contribution in [0.15, 0.2) is 48.5 Å². The summed E-state index contributed by atoms with van der Waals surface area (Å²) < 4.78 is 0. The van der Waals surface area contributed by atoms with E-state index in [0.29, 0.717) is 18.7 Å². The molecule has 0 aromatic heterocycles. The van der Waals surface area contributed by atoms with Gasteiger partial charge in [-0.25, -0.2) is 0 Å². The minimum absolute atomic E-state index is 0.171. The highest BCUT2D eigenvalue weighted by molar-refractivity contribution is 5.46. The number of benzene rings is 2. The van der Waals surface area contributed by atoms with E-state index in [1.54, 1.807) is 6.07 Å². The van der Waals surface area contributed by atoms with Crippen LogP contribution in [0.1, 0.15) is 11.1 Å². The average Bonchev–Trinajstić information content (AvgIpc) is 2.40. The van der Waals surface area contributed by atoms with Crippen molar-refractivity contribution in [2.24, 2.45) is 0 Å². The minimum atomic E-state index is 0.171. The molecule has 0 radical (unpaired) electrons. The Balaban J connectivity index is 1.96. The van der Waals surface area contributed by atoms with Crippen LogP contribution < -0.4 is 5.32 Å². The minimum Gasteiger partial charge on any atom is -0.508 e.